The molecule has 5 nitrogen and oxygen atoms in total. The Labute approximate surface area is 80.4 Å². The molecule has 0 unspecified atom stereocenters. The van der Waals surface area contributed by atoms with Crippen molar-refractivity contribution in [2.45, 2.75) is 6.42 Å². The van der Waals surface area contributed by atoms with E-state index in [0.717, 1.165) is 0 Å². The summed E-state index contributed by atoms with van der Waals surface area (Å²) in [5, 5.41) is 27.8. The Morgan fingerprint density at radius 3 is 2.79 bits per heavy atom. The van der Waals surface area contributed by atoms with Gasteiger partial charge in [-0.3, -0.25) is 10.1 Å². The van der Waals surface area contributed by atoms with Crippen LogP contribution in [0.1, 0.15) is 11.1 Å². The number of nitrogens with zero attached hydrogens (tertiary/aromatic N) is 2. The fourth-order valence-electron chi connectivity index (χ4n) is 1.15. The van der Waals surface area contributed by atoms with E-state index in [2.05, 4.69) is 0 Å². The maximum absolute atomic E-state index is 10.5. The van der Waals surface area contributed by atoms with Crippen LogP contribution in [0.5, 0.6) is 0 Å². The van der Waals surface area contributed by atoms with Crippen molar-refractivity contribution in [1.29, 1.82) is 5.26 Å². The van der Waals surface area contributed by atoms with Gasteiger partial charge in [0, 0.05) is 24.7 Å². The maximum atomic E-state index is 10.5. The van der Waals surface area contributed by atoms with Crippen LogP contribution >= 0.6 is 0 Å². The topological polar surface area (TPSA) is 87.2 Å². The van der Waals surface area contributed by atoms with E-state index in [-0.39, 0.29) is 18.7 Å². The molecule has 1 aromatic carbocycles. The van der Waals surface area contributed by atoms with Gasteiger partial charge in [0.05, 0.1) is 16.6 Å². The third-order valence-corrected chi connectivity index (χ3v) is 1.79. The number of nitro groups is 1. The standard InChI is InChI=1S/C9H8N2O3/c10-6-7-1-2-9(11(13)14)8(5-7)3-4-12/h1-2,5,12H,3-4H2. The van der Waals surface area contributed by atoms with Crippen LogP contribution in [0.2, 0.25) is 0 Å². The fourth-order valence-corrected chi connectivity index (χ4v) is 1.15. The average Bonchev–Trinajstić information content (AvgIpc) is 2.17. The van der Waals surface area contributed by atoms with Gasteiger partial charge in [0.1, 0.15) is 0 Å². The highest BCUT2D eigenvalue weighted by Gasteiger charge is 2.13. The minimum atomic E-state index is -0.522. The van der Waals surface area contributed by atoms with E-state index < -0.39 is 4.92 Å². The van der Waals surface area contributed by atoms with E-state index in [9.17, 15) is 10.1 Å². The number of rotatable bonds is 3. The average molecular weight is 192 g/mol. The highest BCUT2D eigenvalue weighted by atomic mass is 16.6. The van der Waals surface area contributed by atoms with Gasteiger partial charge in [0.2, 0.25) is 0 Å². The van der Waals surface area contributed by atoms with Crippen LogP contribution < -0.4 is 0 Å². The number of nitro benzene ring substituents is 1. The molecule has 0 bridgehead atoms. The van der Waals surface area contributed by atoms with Crippen molar-refractivity contribution in [2.24, 2.45) is 0 Å². The Bertz CT molecular complexity index is 396. The Hall–Kier alpha value is -1.93. The van der Waals surface area contributed by atoms with Crippen molar-refractivity contribution in [2.75, 3.05) is 6.61 Å². The molecule has 0 fully saturated rings. The molecule has 0 saturated carbocycles. The van der Waals surface area contributed by atoms with Gasteiger partial charge in [-0.15, -0.1) is 0 Å². The van der Waals surface area contributed by atoms with Gasteiger partial charge in [-0.25, -0.2) is 0 Å². The molecule has 1 aromatic rings. The van der Waals surface area contributed by atoms with Gasteiger partial charge >= 0.3 is 0 Å². The lowest BCUT2D eigenvalue weighted by atomic mass is 10.1. The molecule has 0 spiro atoms. The number of aliphatic hydroxyl groups is 1. The summed E-state index contributed by atoms with van der Waals surface area (Å²) >= 11 is 0. The van der Waals surface area contributed by atoms with Crippen molar-refractivity contribution >= 4 is 5.69 Å². The Morgan fingerprint density at radius 1 is 1.57 bits per heavy atom. The van der Waals surface area contributed by atoms with Crippen molar-refractivity contribution in [3.8, 4) is 6.07 Å². The van der Waals surface area contributed by atoms with Crippen LogP contribution in [0.4, 0.5) is 5.69 Å². The second-order valence-corrected chi connectivity index (χ2v) is 2.69. The molecule has 14 heavy (non-hydrogen) atoms. The van der Waals surface area contributed by atoms with Gasteiger partial charge in [-0.05, 0) is 12.1 Å². The third-order valence-electron chi connectivity index (χ3n) is 1.79. The number of benzene rings is 1. The van der Waals surface area contributed by atoms with Gasteiger partial charge < -0.3 is 5.11 Å². The zero-order valence-electron chi connectivity index (χ0n) is 7.30. The normalized spacial score (nSPS) is 9.43. The molecule has 1 N–H and O–H groups in total. The molecule has 5 heteroatoms. The molecule has 1 rings (SSSR count). The van der Waals surface area contributed by atoms with Crippen LogP contribution in [-0.4, -0.2) is 16.6 Å². The predicted octanol–water partition coefficient (Wildman–Crippen LogP) is 1.00. The van der Waals surface area contributed by atoms with Crippen LogP contribution in [0.3, 0.4) is 0 Å². The first-order valence-electron chi connectivity index (χ1n) is 3.97. The SMILES string of the molecule is N#Cc1ccc([N+](=O)[O-])c(CCO)c1. The molecule has 0 heterocycles. The van der Waals surface area contributed by atoms with Crippen molar-refractivity contribution in [1.82, 2.24) is 0 Å². The lowest BCUT2D eigenvalue weighted by Crippen LogP contribution is -1.98. The molecule has 0 aromatic heterocycles. The van der Waals surface area contributed by atoms with Crippen LogP contribution in [0.15, 0.2) is 18.2 Å². The van der Waals surface area contributed by atoms with Crippen LogP contribution in [0, 0.1) is 21.4 Å². The van der Waals surface area contributed by atoms with E-state index in [1.807, 2.05) is 6.07 Å². The maximum Gasteiger partial charge on any atom is 0.272 e. The Morgan fingerprint density at radius 2 is 2.29 bits per heavy atom. The first-order chi connectivity index (χ1) is 6.69. The second kappa shape index (κ2) is 4.35. The van der Waals surface area contributed by atoms with Crippen LogP contribution in [0.25, 0.3) is 0 Å². The lowest BCUT2D eigenvalue weighted by molar-refractivity contribution is -0.385. The molecule has 0 amide bonds. The third kappa shape index (κ3) is 2.06. The first kappa shape index (κ1) is 10.2. The molecule has 0 aliphatic carbocycles. The summed E-state index contributed by atoms with van der Waals surface area (Å²) in [6.07, 6.45) is 0.186. The molecule has 72 valence electrons. The zero-order valence-corrected chi connectivity index (χ0v) is 7.30. The predicted molar refractivity (Wildman–Crippen MR) is 48.6 cm³/mol. The minimum Gasteiger partial charge on any atom is -0.396 e. The lowest BCUT2D eigenvalue weighted by Gasteiger charge is -2.00. The van der Waals surface area contributed by atoms with E-state index in [0.29, 0.717) is 11.1 Å². The largest absolute Gasteiger partial charge is 0.396 e. The highest BCUT2D eigenvalue weighted by Crippen LogP contribution is 2.19. The number of nitriles is 1. The monoisotopic (exact) mass is 192 g/mol. The van der Waals surface area contributed by atoms with Gasteiger partial charge in [0.25, 0.3) is 5.69 Å². The van der Waals surface area contributed by atoms with Crippen LogP contribution in [-0.2, 0) is 6.42 Å². The summed E-state index contributed by atoms with van der Waals surface area (Å²) in [6.45, 7) is -0.171. The summed E-state index contributed by atoms with van der Waals surface area (Å²) < 4.78 is 0. The molecule has 0 radical (unpaired) electrons. The van der Waals surface area contributed by atoms with E-state index in [1.54, 1.807) is 0 Å². The smallest absolute Gasteiger partial charge is 0.272 e. The first-order valence-corrected chi connectivity index (χ1v) is 3.97. The molecule has 0 saturated heterocycles. The second-order valence-electron chi connectivity index (χ2n) is 2.69. The van der Waals surface area contributed by atoms with Crippen molar-refractivity contribution in [3.05, 3.63) is 39.4 Å². The summed E-state index contributed by atoms with van der Waals surface area (Å²) in [4.78, 5) is 10.0. The van der Waals surface area contributed by atoms with E-state index >= 15 is 0 Å². The number of hydrogen-bond donors (Lipinski definition) is 1. The van der Waals surface area contributed by atoms with Crippen molar-refractivity contribution in [3.63, 3.8) is 0 Å². The molecule has 0 aliphatic heterocycles. The molecule has 0 aliphatic rings. The van der Waals surface area contributed by atoms with Gasteiger partial charge in [-0.1, -0.05) is 0 Å². The zero-order chi connectivity index (χ0) is 10.6. The minimum absolute atomic E-state index is 0.0574. The Balaban J connectivity index is 3.18. The molecular formula is C9H8N2O3. The highest BCUT2D eigenvalue weighted by molar-refractivity contribution is 5.46. The summed E-state index contributed by atoms with van der Waals surface area (Å²) in [6, 6.07) is 5.98. The summed E-state index contributed by atoms with van der Waals surface area (Å²) in [7, 11) is 0. The number of aliphatic hydroxyl groups excluding tert-OH is 1. The fraction of sp³-hybridized carbons (Fsp3) is 0.222. The summed E-state index contributed by atoms with van der Waals surface area (Å²) in [5.74, 6) is 0. The van der Waals surface area contributed by atoms with Crippen molar-refractivity contribution < 1.29 is 10.0 Å². The van der Waals surface area contributed by atoms with E-state index in [4.69, 9.17) is 10.4 Å². The molecular weight excluding hydrogens is 184 g/mol. The number of hydrogen-bond acceptors (Lipinski definition) is 4. The van der Waals surface area contributed by atoms with Gasteiger partial charge in [0.15, 0.2) is 0 Å². The Kier molecular flexibility index (Phi) is 3.15. The summed E-state index contributed by atoms with van der Waals surface area (Å²) in [5.41, 5.74) is 0.689. The quantitative estimate of drug-likeness (QED) is 0.571. The molecule has 0 atom stereocenters. The van der Waals surface area contributed by atoms with E-state index in [1.165, 1.54) is 18.2 Å². The van der Waals surface area contributed by atoms with Gasteiger partial charge in [-0.2, -0.15) is 5.26 Å².